The van der Waals surface area contributed by atoms with Crippen LogP contribution in [0.1, 0.15) is 43.2 Å². The molecule has 1 amide bonds. The van der Waals surface area contributed by atoms with Gasteiger partial charge in [0.1, 0.15) is 0 Å². The standard InChI is InChI=1S/C19H19N3O2S/c1-4-13-11-16(25-12(13)2)19(24)21-15-7-5-14(6-8-15)17(23)18-20-9-10-22(18)3/h5-11H,4H2,1-3H3,(H,21,24). The maximum atomic E-state index is 12.4. The Labute approximate surface area is 150 Å². The van der Waals surface area contributed by atoms with Crippen LogP contribution in [-0.4, -0.2) is 21.2 Å². The molecular formula is C19H19N3O2S. The minimum absolute atomic E-state index is 0.129. The number of hydrogen-bond donors (Lipinski definition) is 1. The molecule has 0 unspecified atom stereocenters. The Morgan fingerprint density at radius 1 is 1.24 bits per heavy atom. The van der Waals surface area contributed by atoms with Crippen molar-refractivity contribution in [2.24, 2.45) is 7.05 Å². The van der Waals surface area contributed by atoms with Gasteiger partial charge in [-0.2, -0.15) is 0 Å². The Balaban J connectivity index is 1.73. The molecule has 0 aliphatic rings. The molecule has 0 aliphatic carbocycles. The summed E-state index contributed by atoms with van der Waals surface area (Å²) in [6.07, 6.45) is 4.24. The molecule has 0 saturated carbocycles. The third kappa shape index (κ3) is 3.53. The number of nitrogens with one attached hydrogen (secondary N) is 1. The minimum Gasteiger partial charge on any atom is -0.331 e. The molecule has 6 heteroatoms. The molecule has 0 atom stereocenters. The summed E-state index contributed by atoms with van der Waals surface area (Å²) in [5.41, 5.74) is 2.39. The Bertz CT molecular complexity index is 923. The largest absolute Gasteiger partial charge is 0.331 e. The minimum atomic E-state index is -0.146. The predicted molar refractivity (Wildman–Crippen MR) is 99.5 cm³/mol. The number of benzene rings is 1. The highest BCUT2D eigenvalue weighted by Gasteiger charge is 2.15. The highest BCUT2D eigenvalue weighted by Crippen LogP contribution is 2.23. The molecular weight excluding hydrogens is 334 g/mol. The van der Waals surface area contributed by atoms with E-state index in [9.17, 15) is 9.59 Å². The lowest BCUT2D eigenvalue weighted by atomic mass is 10.1. The second-order valence-corrected chi connectivity index (χ2v) is 7.02. The van der Waals surface area contributed by atoms with Crippen LogP contribution in [0.2, 0.25) is 0 Å². The molecule has 2 aromatic heterocycles. The third-order valence-electron chi connectivity index (χ3n) is 4.05. The highest BCUT2D eigenvalue weighted by molar-refractivity contribution is 7.14. The number of carbonyl (C=O) groups excluding carboxylic acids is 2. The number of carbonyl (C=O) groups is 2. The summed E-state index contributed by atoms with van der Waals surface area (Å²) in [5.74, 6) is 0.112. The number of aromatic nitrogens is 2. The van der Waals surface area contributed by atoms with Gasteiger partial charge in [0.25, 0.3) is 5.91 Å². The molecule has 3 rings (SSSR count). The van der Waals surface area contributed by atoms with Crippen LogP contribution < -0.4 is 5.32 Å². The van der Waals surface area contributed by atoms with E-state index < -0.39 is 0 Å². The molecule has 0 aliphatic heterocycles. The van der Waals surface area contributed by atoms with Crippen molar-refractivity contribution in [3.63, 3.8) is 0 Å². The predicted octanol–water partition coefficient (Wildman–Crippen LogP) is 3.84. The Morgan fingerprint density at radius 2 is 1.96 bits per heavy atom. The first kappa shape index (κ1) is 17.1. The quantitative estimate of drug-likeness (QED) is 0.709. The number of nitrogens with zero attached hydrogens (tertiary/aromatic N) is 2. The van der Waals surface area contributed by atoms with Gasteiger partial charge in [0.15, 0.2) is 5.82 Å². The molecule has 0 bridgehead atoms. The lowest BCUT2D eigenvalue weighted by molar-refractivity contribution is 0.102. The topological polar surface area (TPSA) is 64.0 Å². The Hall–Kier alpha value is -2.73. The van der Waals surface area contributed by atoms with Gasteiger partial charge < -0.3 is 9.88 Å². The van der Waals surface area contributed by atoms with E-state index in [0.717, 1.165) is 6.42 Å². The molecule has 0 spiro atoms. The fourth-order valence-corrected chi connectivity index (χ4v) is 3.60. The summed E-state index contributed by atoms with van der Waals surface area (Å²) in [4.78, 5) is 30.7. The summed E-state index contributed by atoms with van der Waals surface area (Å²) in [6, 6.07) is 8.80. The normalized spacial score (nSPS) is 10.7. The Kier molecular flexibility index (Phi) is 4.81. The number of rotatable bonds is 5. The number of ketones is 1. The monoisotopic (exact) mass is 353 g/mol. The lowest BCUT2D eigenvalue weighted by Crippen LogP contribution is -2.11. The van der Waals surface area contributed by atoms with Crippen molar-refractivity contribution in [3.8, 4) is 0 Å². The average Bonchev–Trinajstić information content (AvgIpc) is 3.20. The molecule has 1 N–H and O–H groups in total. The van der Waals surface area contributed by atoms with Crippen LogP contribution in [0.25, 0.3) is 0 Å². The fraction of sp³-hybridized carbons (Fsp3) is 0.211. The van der Waals surface area contributed by atoms with Gasteiger partial charge >= 0.3 is 0 Å². The molecule has 0 saturated heterocycles. The van der Waals surface area contributed by atoms with E-state index in [1.807, 2.05) is 13.0 Å². The highest BCUT2D eigenvalue weighted by atomic mass is 32.1. The number of imidazole rings is 1. The van der Waals surface area contributed by atoms with Gasteiger partial charge in [-0.15, -0.1) is 11.3 Å². The summed E-state index contributed by atoms with van der Waals surface area (Å²) < 4.78 is 1.68. The number of amides is 1. The summed E-state index contributed by atoms with van der Waals surface area (Å²) >= 11 is 1.50. The van der Waals surface area contributed by atoms with Crippen molar-refractivity contribution in [1.29, 1.82) is 0 Å². The maximum absolute atomic E-state index is 12.4. The zero-order chi connectivity index (χ0) is 18.0. The van der Waals surface area contributed by atoms with Crippen molar-refractivity contribution in [3.05, 3.63) is 69.4 Å². The van der Waals surface area contributed by atoms with Gasteiger partial charge in [0.2, 0.25) is 5.78 Å². The zero-order valence-corrected chi connectivity index (χ0v) is 15.2. The van der Waals surface area contributed by atoms with Crippen LogP contribution in [0.15, 0.2) is 42.7 Å². The fourth-order valence-electron chi connectivity index (χ4n) is 2.59. The van der Waals surface area contributed by atoms with Crippen LogP contribution in [0.3, 0.4) is 0 Å². The summed E-state index contributed by atoms with van der Waals surface area (Å²) in [7, 11) is 1.78. The SMILES string of the molecule is CCc1cc(C(=O)Nc2ccc(C(=O)c3nccn3C)cc2)sc1C. The zero-order valence-electron chi connectivity index (χ0n) is 14.4. The second kappa shape index (κ2) is 7.03. The van der Waals surface area contributed by atoms with E-state index >= 15 is 0 Å². The van der Waals surface area contributed by atoms with Crippen LogP contribution in [0.5, 0.6) is 0 Å². The van der Waals surface area contributed by atoms with Crippen molar-refractivity contribution >= 4 is 28.7 Å². The van der Waals surface area contributed by atoms with E-state index in [1.54, 1.807) is 48.3 Å². The number of hydrogen-bond acceptors (Lipinski definition) is 4. The van der Waals surface area contributed by atoms with Gasteiger partial charge in [-0.25, -0.2) is 4.98 Å². The molecule has 2 heterocycles. The molecule has 5 nitrogen and oxygen atoms in total. The van der Waals surface area contributed by atoms with Crippen molar-refractivity contribution < 1.29 is 9.59 Å². The van der Waals surface area contributed by atoms with Crippen LogP contribution >= 0.6 is 11.3 Å². The average molecular weight is 353 g/mol. The van der Waals surface area contributed by atoms with Crippen LogP contribution in [-0.2, 0) is 13.5 Å². The molecule has 1 aromatic carbocycles. The summed E-state index contributed by atoms with van der Waals surface area (Å²) in [6.45, 7) is 4.10. The lowest BCUT2D eigenvalue weighted by Gasteiger charge is -2.05. The van der Waals surface area contributed by atoms with Gasteiger partial charge in [0.05, 0.1) is 4.88 Å². The number of anilines is 1. The molecule has 3 aromatic rings. The molecule has 25 heavy (non-hydrogen) atoms. The first-order valence-electron chi connectivity index (χ1n) is 8.02. The van der Waals surface area contributed by atoms with E-state index in [4.69, 9.17) is 0 Å². The smallest absolute Gasteiger partial charge is 0.265 e. The maximum Gasteiger partial charge on any atom is 0.265 e. The molecule has 0 fully saturated rings. The van der Waals surface area contributed by atoms with Crippen molar-refractivity contribution in [2.75, 3.05) is 5.32 Å². The first-order valence-corrected chi connectivity index (χ1v) is 8.84. The summed E-state index contributed by atoms with van der Waals surface area (Å²) in [5, 5.41) is 2.87. The van der Waals surface area contributed by atoms with E-state index in [2.05, 4.69) is 17.2 Å². The van der Waals surface area contributed by atoms with E-state index in [1.165, 1.54) is 21.8 Å². The second-order valence-electron chi connectivity index (χ2n) is 5.77. The van der Waals surface area contributed by atoms with Gasteiger partial charge in [-0.1, -0.05) is 6.92 Å². The first-order chi connectivity index (χ1) is 12.0. The van der Waals surface area contributed by atoms with Crippen molar-refractivity contribution in [1.82, 2.24) is 9.55 Å². The van der Waals surface area contributed by atoms with Gasteiger partial charge in [-0.05, 0) is 49.2 Å². The third-order valence-corrected chi connectivity index (χ3v) is 5.15. The molecule has 128 valence electrons. The van der Waals surface area contributed by atoms with E-state index in [0.29, 0.717) is 22.0 Å². The number of aryl methyl sites for hydroxylation is 3. The van der Waals surface area contributed by atoms with Gasteiger partial charge in [-0.3, -0.25) is 9.59 Å². The molecule has 0 radical (unpaired) electrons. The van der Waals surface area contributed by atoms with Crippen LogP contribution in [0.4, 0.5) is 5.69 Å². The Morgan fingerprint density at radius 3 is 2.52 bits per heavy atom. The van der Waals surface area contributed by atoms with Gasteiger partial charge in [0, 0.05) is 35.6 Å². The number of thiophene rings is 1. The van der Waals surface area contributed by atoms with E-state index in [-0.39, 0.29) is 11.7 Å². The van der Waals surface area contributed by atoms with Crippen molar-refractivity contribution in [2.45, 2.75) is 20.3 Å². The van der Waals surface area contributed by atoms with Crippen LogP contribution in [0, 0.1) is 6.92 Å².